The molecule has 8 heteroatoms. The molecule has 1 N–H and O–H groups in total. The van der Waals surface area contributed by atoms with Crippen LogP contribution in [-0.4, -0.2) is 22.4 Å². The molecule has 94 valence electrons. The van der Waals surface area contributed by atoms with Crippen LogP contribution < -0.4 is 5.32 Å². The molecule has 0 aliphatic rings. The minimum absolute atomic E-state index is 0.0575. The molecular weight excluding hydrogens is 297 g/mol. The molecule has 0 saturated carbocycles. The third-order valence-electron chi connectivity index (χ3n) is 1.99. The molecule has 1 amide bonds. The van der Waals surface area contributed by atoms with Crippen LogP contribution in [0.25, 0.3) is 0 Å². The van der Waals surface area contributed by atoms with Crippen LogP contribution in [0.4, 0.5) is 9.52 Å². The summed E-state index contributed by atoms with van der Waals surface area (Å²) >= 11 is 8.41. The Bertz CT molecular complexity index is 570. The molecule has 0 fully saturated rings. The van der Waals surface area contributed by atoms with Crippen molar-refractivity contribution < 1.29 is 9.18 Å². The molecule has 2 aromatic rings. The Morgan fingerprint density at radius 3 is 2.89 bits per heavy atom. The number of halogens is 2. The average Bonchev–Trinajstić information content (AvgIpc) is 2.76. The van der Waals surface area contributed by atoms with Crippen LogP contribution in [0.3, 0.4) is 0 Å². The van der Waals surface area contributed by atoms with E-state index in [9.17, 15) is 9.18 Å². The summed E-state index contributed by atoms with van der Waals surface area (Å²) in [6.45, 7) is 0. The van der Waals surface area contributed by atoms with Crippen LogP contribution in [0.2, 0.25) is 5.02 Å². The molecule has 0 aliphatic heterocycles. The highest BCUT2D eigenvalue weighted by atomic mass is 35.5. The van der Waals surface area contributed by atoms with E-state index in [1.54, 1.807) is 0 Å². The number of carbonyl (C=O) groups is 1. The Morgan fingerprint density at radius 2 is 2.28 bits per heavy atom. The summed E-state index contributed by atoms with van der Waals surface area (Å²) in [6.07, 6.45) is 1.85. The highest BCUT2D eigenvalue weighted by Gasteiger charge is 2.17. The number of nitrogens with one attached hydrogen (secondary N) is 1. The zero-order valence-electron chi connectivity index (χ0n) is 9.11. The highest BCUT2D eigenvalue weighted by molar-refractivity contribution is 8.00. The van der Waals surface area contributed by atoms with E-state index in [4.69, 9.17) is 11.6 Å². The fourth-order valence-electron chi connectivity index (χ4n) is 1.22. The summed E-state index contributed by atoms with van der Waals surface area (Å²) in [5.74, 6) is -1.31. The Labute approximate surface area is 116 Å². The second-order valence-electron chi connectivity index (χ2n) is 3.13. The van der Waals surface area contributed by atoms with Gasteiger partial charge in [-0.15, -0.1) is 10.2 Å². The van der Waals surface area contributed by atoms with Gasteiger partial charge in [-0.1, -0.05) is 40.8 Å². The van der Waals surface area contributed by atoms with Crippen molar-refractivity contribution in [3.63, 3.8) is 0 Å². The van der Waals surface area contributed by atoms with E-state index in [2.05, 4.69) is 15.5 Å². The predicted octanol–water partition coefficient (Wildman–Crippen LogP) is 3.30. The van der Waals surface area contributed by atoms with Gasteiger partial charge in [0.25, 0.3) is 5.91 Å². The fourth-order valence-corrected chi connectivity index (χ4v) is 2.63. The fraction of sp³-hybridized carbons (Fsp3) is 0.100. The largest absolute Gasteiger partial charge is 0.296 e. The molecule has 0 aliphatic carbocycles. The number of thioether (sulfide) groups is 1. The Morgan fingerprint density at radius 1 is 1.50 bits per heavy atom. The molecule has 0 saturated heterocycles. The molecular formula is C10H7ClFN3OS2. The number of hydrogen-bond donors (Lipinski definition) is 1. The van der Waals surface area contributed by atoms with Gasteiger partial charge in [0.2, 0.25) is 5.13 Å². The Hall–Kier alpha value is -1.18. The van der Waals surface area contributed by atoms with Gasteiger partial charge in [0.05, 0.1) is 10.6 Å². The lowest BCUT2D eigenvalue weighted by Gasteiger charge is -2.04. The normalized spacial score (nSPS) is 10.4. The van der Waals surface area contributed by atoms with Crippen molar-refractivity contribution in [2.45, 2.75) is 4.34 Å². The summed E-state index contributed by atoms with van der Waals surface area (Å²) in [5, 5.41) is 10.4. The third-order valence-corrected chi connectivity index (χ3v) is 4.12. The summed E-state index contributed by atoms with van der Waals surface area (Å²) < 4.78 is 14.2. The zero-order chi connectivity index (χ0) is 13.1. The zero-order valence-corrected chi connectivity index (χ0v) is 11.5. The van der Waals surface area contributed by atoms with E-state index >= 15 is 0 Å². The smallest absolute Gasteiger partial charge is 0.261 e. The first-order chi connectivity index (χ1) is 8.61. The van der Waals surface area contributed by atoms with Gasteiger partial charge >= 0.3 is 0 Å². The molecule has 2 rings (SSSR count). The van der Waals surface area contributed by atoms with Gasteiger partial charge in [-0.25, -0.2) is 4.39 Å². The molecule has 1 aromatic carbocycles. The minimum Gasteiger partial charge on any atom is -0.296 e. The van der Waals surface area contributed by atoms with Crippen molar-refractivity contribution in [2.75, 3.05) is 11.6 Å². The molecule has 0 bridgehead atoms. The number of anilines is 1. The van der Waals surface area contributed by atoms with Crippen LogP contribution in [0.5, 0.6) is 0 Å². The molecule has 1 heterocycles. The van der Waals surface area contributed by atoms with Crippen molar-refractivity contribution in [1.29, 1.82) is 0 Å². The summed E-state index contributed by atoms with van der Waals surface area (Å²) in [7, 11) is 0. The van der Waals surface area contributed by atoms with Crippen molar-refractivity contribution >= 4 is 45.7 Å². The van der Waals surface area contributed by atoms with Gasteiger partial charge in [0.15, 0.2) is 4.34 Å². The van der Waals surface area contributed by atoms with Gasteiger partial charge in [0.1, 0.15) is 5.82 Å². The number of nitrogens with zero attached hydrogens (tertiary/aromatic N) is 2. The lowest BCUT2D eigenvalue weighted by atomic mass is 10.2. The van der Waals surface area contributed by atoms with Gasteiger partial charge in [0, 0.05) is 0 Å². The topological polar surface area (TPSA) is 54.9 Å². The van der Waals surface area contributed by atoms with Gasteiger partial charge in [-0.05, 0) is 18.4 Å². The van der Waals surface area contributed by atoms with Gasteiger partial charge in [-0.2, -0.15) is 0 Å². The van der Waals surface area contributed by atoms with Gasteiger partial charge < -0.3 is 0 Å². The Balaban J connectivity index is 2.22. The molecule has 18 heavy (non-hydrogen) atoms. The molecule has 4 nitrogen and oxygen atoms in total. The maximum absolute atomic E-state index is 13.5. The first kappa shape index (κ1) is 13.3. The third kappa shape index (κ3) is 2.80. The quantitative estimate of drug-likeness (QED) is 0.698. The van der Waals surface area contributed by atoms with E-state index in [1.807, 2.05) is 6.26 Å². The number of rotatable bonds is 3. The second-order valence-corrected chi connectivity index (χ2v) is 5.57. The molecule has 0 spiro atoms. The average molecular weight is 304 g/mol. The number of amides is 1. The number of aromatic nitrogens is 2. The van der Waals surface area contributed by atoms with Crippen molar-refractivity contribution in [2.24, 2.45) is 0 Å². The van der Waals surface area contributed by atoms with Crippen LogP contribution in [0, 0.1) is 5.82 Å². The minimum atomic E-state index is -0.672. The maximum atomic E-state index is 13.5. The van der Waals surface area contributed by atoms with Crippen molar-refractivity contribution in [3.8, 4) is 0 Å². The molecule has 0 unspecified atom stereocenters. The summed E-state index contributed by atoms with van der Waals surface area (Å²) in [5.41, 5.74) is -0.194. The predicted molar refractivity (Wildman–Crippen MR) is 71.1 cm³/mol. The SMILES string of the molecule is CSc1nnc(NC(=O)c2c(F)cccc2Cl)s1. The van der Waals surface area contributed by atoms with Crippen LogP contribution in [0.15, 0.2) is 22.5 Å². The lowest BCUT2D eigenvalue weighted by molar-refractivity contribution is 0.102. The molecule has 1 aromatic heterocycles. The van der Waals surface area contributed by atoms with E-state index in [1.165, 1.54) is 41.3 Å². The molecule has 0 radical (unpaired) electrons. The van der Waals surface area contributed by atoms with E-state index in [0.29, 0.717) is 9.47 Å². The van der Waals surface area contributed by atoms with Crippen molar-refractivity contribution in [3.05, 3.63) is 34.6 Å². The Kier molecular flexibility index (Phi) is 4.15. The van der Waals surface area contributed by atoms with Crippen LogP contribution in [0.1, 0.15) is 10.4 Å². The van der Waals surface area contributed by atoms with E-state index in [-0.39, 0.29) is 10.6 Å². The van der Waals surface area contributed by atoms with Crippen molar-refractivity contribution in [1.82, 2.24) is 10.2 Å². The highest BCUT2D eigenvalue weighted by Crippen LogP contribution is 2.25. The van der Waals surface area contributed by atoms with Crippen LogP contribution in [-0.2, 0) is 0 Å². The molecule has 0 atom stereocenters. The standard InChI is InChI=1S/C10H7ClFN3OS2/c1-17-10-15-14-9(18-10)13-8(16)7-5(11)3-2-4-6(7)12/h2-4H,1H3,(H,13,14,16). The van der Waals surface area contributed by atoms with E-state index in [0.717, 1.165) is 0 Å². The summed E-state index contributed by atoms with van der Waals surface area (Å²) in [6, 6.07) is 4.06. The van der Waals surface area contributed by atoms with Gasteiger partial charge in [-0.3, -0.25) is 10.1 Å². The first-order valence-corrected chi connectivity index (χ1v) is 7.16. The number of hydrogen-bond acceptors (Lipinski definition) is 5. The lowest BCUT2D eigenvalue weighted by Crippen LogP contribution is -2.14. The monoisotopic (exact) mass is 303 g/mol. The first-order valence-electron chi connectivity index (χ1n) is 4.74. The number of carbonyl (C=O) groups excluding carboxylic acids is 1. The summed E-state index contributed by atoms with van der Waals surface area (Å²) in [4.78, 5) is 11.8. The van der Waals surface area contributed by atoms with E-state index < -0.39 is 11.7 Å². The maximum Gasteiger partial charge on any atom is 0.261 e. The van der Waals surface area contributed by atoms with Crippen LogP contribution >= 0.6 is 34.7 Å². The second kappa shape index (κ2) is 5.64. The number of benzene rings is 1.